The van der Waals surface area contributed by atoms with Crippen molar-refractivity contribution in [1.82, 2.24) is 15.0 Å². The van der Waals surface area contributed by atoms with Crippen LogP contribution in [0.25, 0.3) is 10.2 Å². The molecule has 0 saturated carbocycles. The molecule has 4 aromatic rings. The number of ether oxygens (including phenoxy) is 1. The first-order valence-electron chi connectivity index (χ1n) is 8.63. The molecule has 2 aromatic heterocycles. The summed E-state index contributed by atoms with van der Waals surface area (Å²) >= 11 is 1.51. The topological polar surface area (TPSA) is 68.5 Å². The van der Waals surface area contributed by atoms with Gasteiger partial charge in [0.25, 0.3) is 5.91 Å². The molecule has 29 heavy (non-hydrogen) atoms. The van der Waals surface area contributed by atoms with E-state index in [0.29, 0.717) is 6.54 Å². The second-order valence-corrected chi connectivity index (χ2v) is 7.37. The zero-order chi connectivity index (χ0) is 20.4. The van der Waals surface area contributed by atoms with Crippen LogP contribution in [0.15, 0.2) is 53.1 Å². The molecule has 9 heteroatoms. The third-order valence-electron chi connectivity index (χ3n) is 4.11. The Kier molecular flexibility index (Phi) is 5.22. The van der Waals surface area contributed by atoms with Crippen molar-refractivity contribution in [3.8, 4) is 5.75 Å². The van der Waals surface area contributed by atoms with Crippen LogP contribution in [0.5, 0.6) is 5.75 Å². The van der Waals surface area contributed by atoms with Gasteiger partial charge in [0.2, 0.25) is 0 Å². The smallest absolute Gasteiger partial charge is 0.276 e. The maximum Gasteiger partial charge on any atom is 0.276 e. The number of amides is 1. The average Bonchev–Trinajstić information content (AvgIpc) is 3.33. The van der Waals surface area contributed by atoms with Crippen LogP contribution in [-0.2, 0) is 13.2 Å². The van der Waals surface area contributed by atoms with Crippen LogP contribution in [0.2, 0.25) is 0 Å². The lowest BCUT2D eigenvalue weighted by molar-refractivity contribution is 0.0774. The van der Waals surface area contributed by atoms with E-state index < -0.39 is 17.4 Å². The molecular formula is C20H15F2N3O3S. The lowest BCUT2D eigenvalue weighted by Gasteiger charge is -2.13. The van der Waals surface area contributed by atoms with Crippen LogP contribution in [0.1, 0.15) is 21.3 Å². The molecule has 0 fully saturated rings. The van der Waals surface area contributed by atoms with E-state index >= 15 is 0 Å². The summed E-state index contributed by atoms with van der Waals surface area (Å²) in [5.41, 5.74) is 0.954. The Labute approximate surface area is 168 Å². The van der Waals surface area contributed by atoms with Crippen molar-refractivity contribution in [2.24, 2.45) is 0 Å². The van der Waals surface area contributed by atoms with E-state index in [4.69, 9.17) is 9.26 Å². The van der Waals surface area contributed by atoms with Gasteiger partial charge in [0.1, 0.15) is 11.6 Å². The van der Waals surface area contributed by atoms with Crippen molar-refractivity contribution >= 4 is 27.5 Å². The van der Waals surface area contributed by atoms with Gasteiger partial charge in [-0.2, -0.15) is 0 Å². The van der Waals surface area contributed by atoms with E-state index in [1.165, 1.54) is 28.4 Å². The van der Waals surface area contributed by atoms with E-state index in [1.54, 1.807) is 7.05 Å². The van der Waals surface area contributed by atoms with Gasteiger partial charge in [-0.1, -0.05) is 23.4 Å². The summed E-state index contributed by atoms with van der Waals surface area (Å²) in [6.07, 6.45) is 0. The van der Waals surface area contributed by atoms with E-state index in [2.05, 4.69) is 10.1 Å². The summed E-state index contributed by atoms with van der Waals surface area (Å²) in [6.45, 7) is 0.0526. The average molecular weight is 415 g/mol. The SMILES string of the molecule is CN(Cc1nc2ccccc2s1)C(=O)c1cc(COc2c(F)cccc2F)on1. The molecule has 0 unspecified atom stereocenters. The van der Waals surface area contributed by atoms with Crippen molar-refractivity contribution in [3.63, 3.8) is 0 Å². The van der Waals surface area contributed by atoms with E-state index in [9.17, 15) is 13.6 Å². The molecule has 0 aliphatic carbocycles. The van der Waals surface area contributed by atoms with Gasteiger partial charge in [-0.3, -0.25) is 4.79 Å². The minimum absolute atomic E-state index is 0.0706. The standard InChI is InChI=1S/C20H15F2N3O3S/c1-25(10-18-23-15-7-2-3-8-17(15)29-18)20(26)16-9-12(28-24-16)11-27-19-13(21)5-4-6-14(19)22/h2-9H,10-11H2,1H3. The number of nitrogens with zero attached hydrogens (tertiary/aromatic N) is 3. The number of halogens is 2. The van der Waals surface area contributed by atoms with Crippen LogP contribution in [0.4, 0.5) is 8.78 Å². The highest BCUT2D eigenvalue weighted by molar-refractivity contribution is 7.18. The minimum Gasteiger partial charge on any atom is -0.479 e. The molecular weight excluding hydrogens is 400 g/mol. The molecule has 1 amide bonds. The number of carbonyl (C=O) groups is 1. The maximum absolute atomic E-state index is 13.6. The molecule has 0 bridgehead atoms. The number of carbonyl (C=O) groups excluding carboxylic acids is 1. The first-order valence-corrected chi connectivity index (χ1v) is 9.45. The molecule has 4 rings (SSSR count). The first-order chi connectivity index (χ1) is 14.0. The zero-order valence-corrected chi connectivity index (χ0v) is 16.1. The van der Waals surface area contributed by atoms with Gasteiger partial charge >= 0.3 is 0 Å². The Bertz CT molecular complexity index is 1120. The fraction of sp³-hybridized carbons (Fsp3) is 0.150. The Morgan fingerprint density at radius 1 is 1.17 bits per heavy atom. The molecule has 0 spiro atoms. The number of hydrogen-bond donors (Lipinski definition) is 0. The van der Waals surface area contributed by atoms with Crippen molar-refractivity contribution < 1.29 is 22.8 Å². The number of para-hydroxylation sites is 2. The maximum atomic E-state index is 13.6. The van der Waals surface area contributed by atoms with Gasteiger partial charge in [0.15, 0.2) is 28.8 Å². The molecule has 0 N–H and O–H groups in total. The molecule has 148 valence electrons. The van der Waals surface area contributed by atoms with Gasteiger partial charge in [-0.15, -0.1) is 11.3 Å². The van der Waals surface area contributed by atoms with Gasteiger partial charge in [-0.05, 0) is 24.3 Å². The predicted octanol–water partition coefficient (Wildman–Crippen LogP) is 4.41. The van der Waals surface area contributed by atoms with E-state index in [-0.39, 0.29) is 24.0 Å². The zero-order valence-electron chi connectivity index (χ0n) is 15.3. The summed E-state index contributed by atoms with van der Waals surface area (Å²) in [5, 5.41) is 4.52. The molecule has 0 aliphatic rings. The quantitative estimate of drug-likeness (QED) is 0.467. The van der Waals surface area contributed by atoms with Gasteiger partial charge in [0, 0.05) is 13.1 Å². The van der Waals surface area contributed by atoms with Crippen LogP contribution >= 0.6 is 11.3 Å². The Morgan fingerprint density at radius 3 is 2.69 bits per heavy atom. The summed E-state index contributed by atoms with van der Waals surface area (Å²) < 4.78 is 38.4. The van der Waals surface area contributed by atoms with Crippen molar-refractivity contribution in [2.75, 3.05) is 7.05 Å². The van der Waals surface area contributed by atoms with Crippen molar-refractivity contribution in [3.05, 3.63) is 76.6 Å². The summed E-state index contributed by atoms with van der Waals surface area (Å²) in [4.78, 5) is 18.6. The van der Waals surface area contributed by atoms with Crippen LogP contribution in [0, 0.1) is 11.6 Å². The predicted molar refractivity (Wildman–Crippen MR) is 103 cm³/mol. The Balaban J connectivity index is 1.41. The van der Waals surface area contributed by atoms with Crippen LogP contribution in [0.3, 0.4) is 0 Å². The lowest BCUT2D eigenvalue weighted by Crippen LogP contribution is -2.26. The van der Waals surface area contributed by atoms with E-state index in [0.717, 1.165) is 27.4 Å². The number of hydrogen-bond acceptors (Lipinski definition) is 6. The Hall–Kier alpha value is -3.33. The third kappa shape index (κ3) is 4.09. The first kappa shape index (κ1) is 19.0. The van der Waals surface area contributed by atoms with Gasteiger partial charge < -0.3 is 14.2 Å². The highest BCUT2D eigenvalue weighted by Gasteiger charge is 2.19. The van der Waals surface area contributed by atoms with Crippen molar-refractivity contribution in [1.29, 1.82) is 0 Å². The fourth-order valence-corrected chi connectivity index (χ4v) is 3.72. The highest BCUT2D eigenvalue weighted by Crippen LogP contribution is 2.24. The normalized spacial score (nSPS) is 11.0. The monoisotopic (exact) mass is 415 g/mol. The van der Waals surface area contributed by atoms with Crippen LogP contribution in [-0.4, -0.2) is 28.0 Å². The van der Waals surface area contributed by atoms with Gasteiger partial charge in [0.05, 0.1) is 16.8 Å². The molecule has 2 heterocycles. The van der Waals surface area contributed by atoms with E-state index in [1.807, 2.05) is 24.3 Å². The van der Waals surface area contributed by atoms with Crippen molar-refractivity contribution in [2.45, 2.75) is 13.2 Å². The fourth-order valence-electron chi connectivity index (χ4n) is 2.70. The summed E-state index contributed by atoms with van der Waals surface area (Å²) in [7, 11) is 1.63. The highest BCUT2D eigenvalue weighted by atomic mass is 32.1. The number of fused-ring (bicyclic) bond motifs is 1. The number of benzene rings is 2. The second kappa shape index (κ2) is 7.96. The largest absolute Gasteiger partial charge is 0.479 e. The number of thiazole rings is 1. The molecule has 0 atom stereocenters. The second-order valence-electron chi connectivity index (χ2n) is 6.25. The molecule has 0 aliphatic heterocycles. The number of aromatic nitrogens is 2. The summed E-state index contributed by atoms with van der Waals surface area (Å²) in [5.74, 6) is -2.35. The molecule has 0 saturated heterocycles. The third-order valence-corrected chi connectivity index (χ3v) is 5.13. The van der Waals surface area contributed by atoms with Gasteiger partial charge in [-0.25, -0.2) is 13.8 Å². The molecule has 0 radical (unpaired) electrons. The Morgan fingerprint density at radius 2 is 1.93 bits per heavy atom. The minimum atomic E-state index is -0.823. The molecule has 6 nitrogen and oxygen atoms in total. The lowest BCUT2D eigenvalue weighted by atomic mass is 10.3. The summed E-state index contributed by atoms with van der Waals surface area (Å²) in [6, 6.07) is 12.5. The molecule has 2 aromatic carbocycles. The number of rotatable bonds is 6. The van der Waals surface area contributed by atoms with Crippen LogP contribution < -0.4 is 4.74 Å².